The Morgan fingerprint density at radius 2 is 2.21 bits per heavy atom. The van der Waals surface area contributed by atoms with Gasteiger partial charge in [0, 0.05) is 5.69 Å². The fourth-order valence-corrected chi connectivity index (χ4v) is 1.62. The second-order valence-corrected chi connectivity index (χ2v) is 3.58. The summed E-state index contributed by atoms with van der Waals surface area (Å²) in [6.07, 6.45) is 0. The second-order valence-electron chi connectivity index (χ2n) is 3.14. The molecule has 0 unspecified atom stereocenters. The molecule has 0 bridgehead atoms. The largest absolute Gasteiger partial charge is 0.505 e. The van der Waals surface area contributed by atoms with E-state index in [-0.39, 0.29) is 12.3 Å². The smallest absolute Gasteiger partial charge is 0.237 e. The zero-order valence-corrected chi connectivity index (χ0v) is 8.89. The number of aromatic nitrogens is 1. The molecule has 0 aromatic carbocycles. The third-order valence-electron chi connectivity index (χ3n) is 2.06. The third-order valence-corrected chi connectivity index (χ3v) is 2.37. The topological polar surface area (TPSA) is 68.2 Å². The van der Waals surface area contributed by atoms with Crippen molar-refractivity contribution in [1.82, 2.24) is 4.57 Å². The first-order valence-electron chi connectivity index (χ1n) is 4.11. The van der Waals surface area contributed by atoms with Crippen LogP contribution in [0.4, 0.5) is 0 Å². The Bertz CT molecular complexity index is 437. The van der Waals surface area contributed by atoms with Gasteiger partial charge in [-0.2, -0.15) is 0 Å². The summed E-state index contributed by atoms with van der Waals surface area (Å²) in [5.74, 6) is -0.412. The number of nitrogens with zero attached hydrogens (tertiary/aromatic N) is 1. The quantitative estimate of drug-likeness (QED) is 0.719. The molecule has 0 aliphatic rings. The van der Waals surface area contributed by atoms with Gasteiger partial charge < -0.3 is 15.4 Å². The standard InChI is InChI=1S/C9H12N2O2S/c1-5-3-7(14)9(13)6(2)11(5)4-8(10)12/h3,13H,4H2,1-2H3,(H2,10,12). The minimum absolute atomic E-state index is 0.0341. The Kier molecular flexibility index (Phi) is 2.90. The number of rotatable bonds is 2. The lowest BCUT2D eigenvalue weighted by molar-refractivity contribution is -0.118. The summed E-state index contributed by atoms with van der Waals surface area (Å²) in [6, 6.07) is 1.64. The summed E-state index contributed by atoms with van der Waals surface area (Å²) >= 11 is 4.92. The molecule has 1 heterocycles. The number of carbonyl (C=O) groups excluding carboxylic acids is 1. The summed E-state index contributed by atoms with van der Waals surface area (Å²) in [4.78, 5) is 10.8. The minimum atomic E-state index is -0.447. The molecule has 4 nitrogen and oxygen atoms in total. The number of hydrogen-bond acceptors (Lipinski definition) is 3. The molecule has 1 amide bonds. The maximum Gasteiger partial charge on any atom is 0.237 e. The van der Waals surface area contributed by atoms with Gasteiger partial charge in [0.05, 0.1) is 10.2 Å². The number of nitrogens with two attached hydrogens (primary N) is 1. The summed E-state index contributed by atoms with van der Waals surface area (Å²) < 4.78 is 2.02. The molecular weight excluding hydrogens is 200 g/mol. The van der Waals surface area contributed by atoms with Gasteiger partial charge in [-0.3, -0.25) is 4.79 Å². The average molecular weight is 212 g/mol. The molecule has 1 rings (SSSR count). The number of pyridine rings is 1. The van der Waals surface area contributed by atoms with Crippen LogP contribution in [0.5, 0.6) is 5.75 Å². The first kappa shape index (κ1) is 10.7. The van der Waals surface area contributed by atoms with Gasteiger partial charge in [0.15, 0.2) is 5.75 Å². The van der Waals surface area contributed by atoms with Crippen molar-refractivity contribution in [2.75, 3.05) is 0 Å². The average Bonchev–Trinajstić information content (AvgIpc) is 2.09. The number of primary amides is 1. The molecule has 3 N–H and O–H groups in total. The minimum Gasteiger partial charge on any atom is -0.505 e. The van der Waals surface area contributed by atoms with E-state index in [0.29, 0.717) is 10.2 Å². The number of hydrogen-bond donors (Lipinski definition) is 2. The fraction of sp³-hybridized carbons (Fsp3) is 0.333. The van der Waals surface area contributed by atoms with Crippen LogP contribution in [0.15, 0.2) is 6.07 Å². The maximum atomic E-state index is 10.8. The van der Waals surface area contributed by atoms with Gasteiger partial charge in [0.1, 0.15) is 6.54 Å². The van der Waals surface area contributed by atoms with Crippen molar-refractivity contribution in [1.29, 1.82) is 0 Å². The third kappa shape index (κ3) is 1.93. The Hall–Kier alpha value is -1.36. The van der Waals surface area contributed by atoms with Gasteiger partial charge >= 0.3 is 0 Å². The predicted octanol–water partition coefficient (Wildman–Crippen LogP) is 1.03. The fourth-order valence-electron chi connectivity index (χ4n) is 1.31. The van der Waals surface area contributed by atoms with E-state index in [0.717, 1.165) is 5.69 Å². The molecule has 0 fully saturated rings. The van der Waals surface area contributed by atoms with E-state index in [1.165, 1.54) is 0 Å². The Morgan fingerprint density at radius 3 is 2.71 bits per heavy atom. The lowest BCUT2D eigenvalue weighted by atomic mass is 10.2. The molecule has 0 radical (unpaired) electrons. The van der Waals surface area contributed by atoms with Gasteiger partial charge in [-0.1, -0.05) is 12.2 Å². The Morgan fingerprint density at radius 1 is 1.64 bits per heavy atom. The zero-order chi connectivity index (χ0) is 10.9. The van der Waals surface area contributed by atoms with Crippen molar-refractivity contribution in [2.45, 2.75) is 20.4 Å². The van der Waals surface area contributed by atoms with Crippen LogP contribution >= 0.6 is 12.2 Å². The van der Waals surface area contributed by atoms with Crippen molar-refractivity contribution < 1.29 is 9.90 Å². The van der Waals surface area contributed by atoms with E-state index in [9.17, 15) is 9.90 Å². The first-order valence-corrected chi connectivity index (χ1v) is 4.52. The van der Waals surface area contributed by atoms with Gasteiger partial charge in [-0.25, -0.2) is 0 Å². The van der Waals surface area contributed by atoms with E-state index in [1.807, 2.05) is 6.92 Å². The number of carbonyl (C=O) groups is 1. The van der Waals surface area contributed by atoms with E-state index in [2.05, 4.69) is 0 Å². The predicted molar refractivity (Wildman–Crippen MR) is 55.6 cm³/mol. The van der Waals surface area contributed by atoms with Gasteiger partial charge in [-0.05, 0) is 19.9 Å². The molecule has 0 saturated heterocycles. The Labute approximate surface area is 87.0 Å². The molecule has 1 aromatic rings. The molecule has 1 aromatic heterocycles. The number of amides is 1. The molecule has 0 aliphatic heterocycles. The van der Waals surface area contributed by atoms with Gasteiger partial charge in [0.2, 0.25) is 5.91 Å². The van der Waals surface area contributed by atoms with Crippen molar-refractivity contribution in [2.24, 2.45) is 5.73 Å². The Balaban J connectivity index is 3.36. The normalized spacial score (nSPS) is 10.1. The van der Waals surface area contributed by atoms with Gasteiger partial charge in [0.25, 0.3) is 0 Å². The van der Waals surface area contributed by atoms with Crippen LogP contribution in [-0.2, 0) is 11.3 Å². The van der Waals surface area contributed by atoms with Crippen LogP contribution in [0.1, 0.15) is 11.4 Å². The highest BCUT2D eigenvalue weighted by Gasteiger charge is 2.08. The zero-order valence-electron chi connectivity index (χ0n) is 8.07. The molecule has 76 valence electrons. The summed E-state index contributed by atoms with van der Waals surface area (Å²) in [7, 11) is 0. The number of aryl methyl sites for hydroxylation is 1. The molecule has 5 heteroatoms. The van der Waals surface area contributed by atoms with E-state index in [4.69, 9.17) is 18.0 Å². The maximum absolute atomic E-state index is 10.8. The highest BCUT2D eigenvalue weighted by molar-refractivity contribution is 7.71. The highest BCUT2D eigenvalue weighted by Crippen LogP contribution is 2.19. The second kappa shape index (κ2) is 3.79. The molecule has 0 spiro atoms. The van der Waals surface area contributed by atoms with E-state index >= 15 is 0 Å². The van der Waals surface area contributed by atoms with Crippen LogP contribution in [0.2, 0.25) is 0 Å². The lowest BCUT2D eigenvalue weighted by Crippen LogP contribution is -2.21. The summed E-state index contributed by atoms with van der Waals surface area (Å²) in [5.41, 5.74) is 6.46. The van der Waals surface area contributed by atoms with Crippen molar-refractivity contribution in [3.63, 3.8) is 0 Å². The van der Waals surface area contributed by atoms with E-state index < -0.39 is 5.91 Å². The van der Waals surface area contributed by atoms with Crippen LogP contribution in [0.25, 0.3) is 0 Å². The van der Waals surface area contributed by atoms with Crippen LogP contribution in [-0.4, -0.2) is 15.6 Å². The van der Waals surface area contributed by atoms with Gasteiger partial charge in [-0.15, -0.1) is 0 Å². The van der Waals surface area contributed by atoms with Crippen molar-refractivity contribution in [3.05, 3.63) is 22.0 Å². The SMILES string of the molecule is Cc1cc(=S)c(O)c(C)n1CC(N)=O. The van der Waals surface area contributed by atoms with Crippen LogP contribution < -0.4 is 5.73 Å². The van der Waals surface area contributed by atoms with Crippen molar-refractivity contribution in [3.8, 4) is 5.75 Å². The van der Waals surface area contributed by atoms with E-state index in [1.54, 1.807) is 17.6 Å². The number of aromatic hydroxyl groups is 1. The summed E-state index contributed by atoms with van der Waals surface area (Å²) in [6.45, 7) is 3.56. The summed E-state index contributed by atoms with van der Waals surface area (Å²) in [5, 5.41) is 9.55. The lowest BCUT2D eigenvalue weighted by Gasteiger charge is -2.13. The van der Waals surface area contributed by atoms with Crippen LogP contribution in [0.3, 0.4) is 0 Å². The monoisotopic (exact) mass is 212 g/mol. The van der Waals surface area contributed by atoms with Crippen LogP contribution in [0, 0.1) is 18.4 Å². The molecule has 14 heavy (non-hydrogen) atoms. The van der Waals surface area contributed by atoms with Crippen molar-refractivity contribution >= 4 is 18.1 Å². The molecule has 0 atom stereocenters. The molecule has 0 aliphatic carbocycles. The molecule has 0 saturated carbocycles. The molecular formula is C9H12N2O2S. The highest BCUT2D eigenvalue weighted by atomic mass is 32.1. The first-order chi connectivity index (χ1) is 6.43.